The van der Waals surface area contributed by atoms with Crippen molar-refractivity contribution in [3.63, 3.8) is 0 Å². The number of rotatable bonds is 11. The number of aliphatic hydroxyl groups is 2. The molecule has 0 aromatic rings. The molecular formula is C29H50O10S2. The van der Waals surface area contributed by atoms with Crippen LogP contribution in [-0.4, -0.2) is 61.6 Å². The lowest BCUT2D eigenvalue weighted by molar-refractivity contribution is -0.171. The molecule has 0 saturated heterocycles. The molecule has 10 nitrogen and oxygen atoms in total. The smallest absolute Gasteiger partial charge is 0.392 e. The Morgan fingerprint density at radius 2 is 1.54 bits per heavy atom. The zero-order chi connectivity index (χ0) is 30.4. The third kappa shape index (κ3) is 7.05. The van der Waals surface area contributed by atoms with Crippen LogP contribution in [-0.2, 0) is 29.2 Å². The zero-order valence-electron chi connectivity index (χ0n) is 24.8. The van der Waals surface area contributed by atoms with E-state index in [2.05, 4.69) is 27.7 Å². The number of hydrogen-bond acceptors (Lipinski definition) is 8. The van der Waals surface area contributed by atoms with Gasteiger partial charge in [-0.2, -0.15) is 16.8 Å². The molecule has 0 amide bonds. The van der Waals surface area contributed by atoms with E-state index in [0.29, 0.717) is 30.6 Å². The van der Waals surface area contributed by atoms with Crippen molar-refractivity contribution in [2.45, 2.75) is 104 Å². The predicted molar refractivity (Wildman–Crippen MR) is 153 cm³/mol. The summed E-state index contributed by atoms with van der Waals surface area (Å²) in [6, 6.07) is 0. The minimum Gasteiger partial charge on any atom is -0.392 e. The van der Waals surface area contributed by atoms with Crippen LogP contribution in [0, 0.1) is 52.3 Å². The summed E-state index contributed by atoms with van der Waals surface area (Å²) in [5.74, 6) is 1.60. The molecule has 238 valence electrons. The van der Waals surface area contributed by atoms with Gasteiger partial charge < -0.3 is 10.2 Å². The standard InChI is InChI=1S/C29H50O10S2/c1-18(2)19(13-16-30)5-6-20(17-38-40(32,33)34)22-9-10-23-21-7-8-25-27(31)26(39-41(35,36)37)12-15-29(25,4)24(21)11-14-28(22,23)3/h13,18,20-27,30-31H,5-12,14-17H2,1-4H3,(H,32,33,34)(H,35,36,37)/b19-13+/t20-,21-,22+,23-,24-,25+,26+,27-,28+,29+/m0/s1. The van der Waals surface area contributed by atoms with Crippen LogP contribution in [0.4, 0.5) is 0 Å². The zero-order valence-corrected chi connectivity index (χ0v) is 26.4. The number of aliphatic hydroxyl groups excluding tert-OH is 2. The second-order valence-electron chi connectivity index (χ2n) is 14.0. The van der Waals surface area contributed by atoms with E-state index in [0.717, 1.165) is 56.9 Å². The summed E-state index contributed by atoms with van der Waals surface area (Å²) in [7, 11) is -9.21. The molecule has 4 saturated carbocycles. The van der Waals surface area contributed by atoms with E-state index in [4.69, 9.17) is 8.37 Å². The van der Waals surface area contributed by atoms with Gasteiger partial charge in [0, 0.05) is 0 Å². The van der Waals surface area contributed by atoms with Crippen molar-refractivity contribution in [3.05, 3.63) is 11.6 Å². The van der Waals surface area contributed by atoms with Gasteiger partial charge in [0.15, 0.2) is 0 Å². The van der Waals surface area contributed by atoms with Gasteiger partial charge in [-0.1, -0.05) is 39.3 Å². The monoisotopic (exact) mass is 622 g/mol. The van der Waals surface area contributed by atoms with E-state index in [9.17, 15) is 36.2 Å². The van der Waals surface area contributed by atoms with Crippen molar-refractivity contribution < 1.29 is 44.5 Å². The van der Waals surface area contributed by atoms with Crippen LogP contribution in [0.15, 0.2) is 11.6 Å². The van der Waals surface area contributed by atoms with Crippen molar-refractivity contribution in [2.75, 3.05) is 13.2 Å². The van der Waals surface area contributed by atoms with Gasteiger partial charge in [-0.05, 0) is 116 Å². The highest BCUT2D eigenvalue weighted by atomic mass is 32.3. The Morgan fingerprint density at radius 3 is 2.15 bits per heavy atom. The third-order valence-electron chi connectivity index (χ3n) is 11.9. The Kier molecular flexibility index (Phi) is 10.1. The van der Waals surface area contributed by atoms with Crippen molar-refractivity contribution >= 4 is 20.8 Å². The second-order valence-corrected chi connectivity index (χ2v) is 16.2. The van der Waals surface area contributed by atoms with Gasteiger partial charge >= 0.3 is 20.8 Å². The maximum atomic E-state index is 11.6. The molecule has 4 rings (SSSR count). The van der Waals surface area contributed by atoms with Gasteiger partial charge in [0.1, 0.15) is 6.10 Å². The Morgan fingerprint density at radius 1 is 0.902 bits per heavy atom. The molecule has 0 spiro atoms. The van der Waals surface area contributed by atoms with Crippen LogP contribution < -0.4 is 0 Å². The van der Waals surface area contributed by atoms with Gasteiger partial charge in [0.25, 0.3) is 0 Å². The average Bonchev–Trinajstić information content (AvgIpc) is 3.21. The Bertz CT molecular complexity index is 1170. The van der Waals surface area contributed by atoms with E-state index in [1.165, 1.54) is 0 Å². The molecule has 4 N–H and O–H groups in total. The minimum absolute atomic E-state index is 0.0137. The first-order chi connectivity index (χ1) is 19.0. The molecule has 10 atom stereocenters. The summed E-state index contributed by atoms with van der Waals surface area (Å²) in [5.41, 5.74) is 0.960. The fourth-order valence-electron chi connectivity index (χ4n) is 10.0. The predicted octanol–water partition coefficient (Wildman–Crippen LogP) is 4.59. The molecule has 0 aromatic heterocycles. The van der Waals surface area contributed by atoms with Crippen LogP contribution in [0.5, 0.6) is 0 Å². The van der Waals surface area contributed by atoms with Crippen molar-refractivity contribution in [3.8, 4) is 0 Å². The lowest BCUT2D eigenvalue weighted by Crippen LogP contribution is -2.59. The normalized spacial score (nSPS) is 40.6. The van der Waals surface area contributed by atoms with Crippen LogP contribution in [0.3, 0.4) is 0 Å². The lowest BCUT2D eigenvalue weighted by Gasteiger charge is -2.62. The Labute approximate surface area is 246 Å². The maximum Gasteiger partial charge on any atom is 0.397 e. The fourth-order valence-corrected chi connectivity index (χ4v) is 10.9. The van der Waals surface area contributed by atoms with Gasteiger partial charge in [-0.25, -0.2) is 8.37 Å². The molecule has 12 heteroatoms. The highest BCUT2D eigenvalue weighted by Crippen LogP contribution is 2.68. The molecule has 0 aliphatic heterocycles. The highest BCUT2D eigenvalue weighted by molar-refractivity contribution is 7.81. The van der Waals surface area contributed by atoms with E-state index < -0.39 is 33.0 Å². The van der Waals surface area contributed by atoms with Crippen LogP contribution in [0.25, 0.3) is 0 Å². The van der Waals surface area contributed by atoms with Crippen molar-refractivity contribution in [1.82, 2.24) is 0 Å². The SMILES string of the molecule is CC(C)/C(=C/CO)CC[C@@H](COS(=O)(=O)O)[C@H]1CC[C@H]2[C@@H]3CC[C@@H]4[C@H](O)[C@H](OS(=O)(=O)O)CC[C@]4(C)[C@H]3CC[C@]12C. The Balaban J connectivity index is 1.53. The maximum absolute atomic E-state index is 11.6. The summed E-state index contributed by atoms with van der Waals surface area (Å²) < 4.78 is 74.3. The van der Waals surface area contributed by atoms with Gasteiger partial charge in [0.05, 0.1) is 19.3 Å². The van der Waals surface area contributed by atoms with Gasteiger partial charge in [-0.15, -0.1) is 0 Å². The summed E-state index contributed by atoms with van der Waals surface area (Å²) in [6.45, 7) is 8.64. The van der Waals surface area contributed by atoms with Crippen LogP contribution in [0.2, 0.25) is 0 Å². The molecule has 4 aliphatic rings. The molecule has 0 heterocycles. The Hall–Kier alpha value is -0.600. The first kappa shape index (κ1) is 33.3. The minimum atomic E-state index is -4.64. The average molecular weight is 623 g/mol. The van der Waals surface area contributed by atoms with E-state index in [1.807, 2.05) is 6.08 Å². The highest BCUT2D eigenvalue weighted by Gasteiger charge is 2.62. The molecule has 0 bridgehead atoms. The molecule has 4 fully saturated rings. The van der Waals surface area contributed by atoms with E-state index >= 15 is 0 Å². The molecule has 0 radical (unpaired) electrons. The van der Waals surface area contributed by atoms with Gasteiger partial charge in [-0.3, -0.25) is 9.11 Å². The molecule has 41 heavy (non-hydrogen) atoms. The van der Waals surface area contributed by atoms with Crippen LogP contribution in [0.1, 0.15) is 91.9 Å². The second kappa shape index (κ2) is 12.4. The van der Waals surface area contributed by atoms with Gasteiger partial charge in [0.2, 0.25) is 0 Å². The van der Waals surface area contributed by atoms with E-state index in [1.54, 1.807) is 0 Å². The third-order valence-corrected chi connectivity index (χ3v) is 12.8. The first-order valence-electron chi connectivity index (χ1n) is 15.3. The quantitative estimate of drug-likeness (QED) is 0.189. The summed E-state index contributed by atoms with van der Waals surface area (Å²) in [6.07, 6.45) is 8.12. The number of allylic oxidation sites excluding steroid dienone is 1. The topological polar surface area (TPSA) is 168 Å². The lowest BCUT2D eigenvalue weighted by atomic mass is 9.44. The number of fused-ring (bicyclic) bond motifs is 5. The first-order valence-corrected chi connectivity index (χ1v) is 18.0. The fraction of sp³-hybridized carbons (Fsp3) is 0.931. The largest absolute Gasteiger partial charge is 0.397 e. The van der Waals surface area contributed by atoms with Crippen LogP contribution >= 0.6 is 0 Å². The molecule has 4 aliphatic carbocycles. The molecule has 0 unspecified atom stereocenters. The summed E-state index contributed by atoms with van der Waals surface area (Å²) in [4.78, 5) is 0. The number of hydrogen-bond donors (Lipinski definition) is 4. The van der Waals surface area contributed by atoms with Crippen molar-refractivity contribution in [2.24, 2.45) is 52.3 Å². The molecule has 0 aromatic carbocycles. The van der Waals surface area contributed by atoms with E-state index in [-0.39, 0.29) is 47.7 Å². The summed E-state index contributed by atoms with van der Waals surface area (Å²) >= 11 is 0. The van der Waals surface area contributed by atoms with Crippen molar-refractivity contribution in [1.29, 1.82) is 0 Å². The summed E-state index contributed by atoms with van der Waals surface area (Å²) in [5, 5.41) is 20.6. The molecular weight excluding hydrogens is 572 g/mol.